The molecule has 0 aliphatic carbocycles. The molecule has 9 heteroatoms. The van der Waals surface area contributed by atoms with E-state index in [-0.39, 0.29) is 11.6 Å². The molecular formula is C18H19N7O2. The van der Waals surface area contributed by atoms with Crippen LogP contribution in [0.1, 0.15) is 13.3 Å². The summed E-state index contributed by atoms with van der Waals surface area (Å²) in [6, 6.07) is 6.89. The van der Waals surface area contributed by atoms with E-state index in [0.29, 0.717) is 18.0 Å². The Morgan fingerprint density at radius 3 is 2.93 bits per heavy atom. The van der Waals surface area contributed by atoms with Gasteiger partial charge >= 0.3 is 6.03 Å². The molecule has 1 aliphatic rings. The lowest BCUT2D eigenvalue weighted by atomic mass is 10.1. The van der Waals surface area contributed by atoms with E-state index in [1.807, 2.05) is 36.3 Å². The van der Waals surface area contributed by atoms with Crippen molar-refractivity contribution >= 4 is 34.9 Å². The number of urea groups is 1. The molecule has 0 fully saturated rings. The highest BCUT2D eigenvalue weighted by molar-refractivity contribution is 5.97. The highest BCUT2D eigenvalue weighted by Crippen LogP contribution is 2.33. The van der Waals surface area contributed by atoms with Crippen molar-refractivity contribution in [3.63, 3.8) is 0 Å². The number of amides is 2. The van der Waals surface area contributed by atoms with E-state index in [2.05, 4.69) is 30.7 Å². The molecule has 138 valence electrons. The van der Waals surface area contributed by atoms with Crippen molar-refractivity contribution in [3.8, 4) is 11.1 Å². The normalized spacial score (nSPS) is 13.3. The molecule has 3 aromatic rings. The van der Waals surface area contributed by atoms with Crippen molar-refractivity contribution in [1.29, 1.82) is 0 Å². The molecule has 0 bridgehead atoms. The first-order valence-electron chi connectivity index (χ1n) is 8.72. The maximum atomic E-state index is 11.8. The maximum Gasteiger partial charge on any atom is 0.321 e. The molecule has 1 aliphatic heterocycles. The third kappa shape index (κ3) is 3.39. The van der Waals surface area contributed by atoms with Crippen molar-refractivity contribution in [3.05, 3.63) is 40.8 Å². The number of hydrogen-bond acceptors (Lipinski definition) is 5. The van der Waals surface area contributed by atoms with Gasteiger partial charge in [-0.25, -0.2) is 9.78 Å². The number of benzene rings is 1. The minimum absolute atomic E-state index is 0.172. The molecule has 27 heavy (non-hydrogen) atoms. The van der Waals surface area contributed by atoms with Crippen LogP contribution >= 0.6 is 0 Å². The fraction of sp³-hybridized carbons (Fsp3) is 0.222. The minimum Gasteiger partial charge on any atom is -0.338 e. The lowest BCUT2D eigenvalue weighted by Crippen LogP contribution is -2.28. The zero-order valence-electron chi connectivity index (χ0n) is 14.7. The Balaban J connectivity index is 1.82. The molecule has 0 saturated heterocycles. The molecule has 1 aromatic carbocycles. The number of anilines is 2. The standard InChI is InChI=1S/C18H19N7O2/c1-2-19-18(27)24-17-22-13-8-12(11-4-6-20-15(26)10-11)9-14(16(13)23-17)25-7-3-5-21-25/h4-6,8-10H,2-3,7H2,1H3,(H,20,26)(H3,19,22,23,24,27). The number of pyridine rings is 1. The van der Waals surface area contributed by atoms with Gasteiger partial charge in [0.1, 0.15) is 0 Å². The number of hydrogen-bond donors (Lipinski definition) is 4. The number of nitrogens with zero attached hydrogens (tertiary/aromatic N) is 3. The second kappa shape index (κ2) is 6.94. The summed E-state index contributed by atoms with van der Waals surface area (Å²) in [5.74, 6) is 0.350. The van der Waals surface area contributed by atoms with Crippen LogP contribution < -0.4 is 21.2 Å². The smallest absolute Gasteiger partial charge is 0.321 e. The van der Waals surface area contributed by atoms with Gasteiger partial charge in [-0.2, -0.15) is 5.10 Å². The summed E-state index contributed by atoms with van der Waals surface area (Å²) in [6.07, 6.45) is 4.33. The number of H-pyrrole nitrogens is 2. The van der Waals surface area contributed by atoms with Gasteiger partial charge in [-0.05, 0) is 36.2 Å². The molecule has 9 nitrogen and oxygen atoms in total. The number of aromatic nitrogens is 3. The van der Waals surface area contributed by atoms with Crippen LogP contribution in [0.25, 0.3) is 22.2 Å². The summed E-state index contributed by atoms with van der Waals surface area (Å²) < 4.78 is 0. The fourth-order valence-electron chi connectivity index (χ4n) is 3.04. The van der Waals surface area contributed by atoms with Crippen molar-refractivity contribution in [2.75, 3.05) is 23.4 Å². The third-order valence-electron chi connectivity index (χ3n) is 4.22. The zero-order chi connectivity index (χ0) is 18.8. The highest BCUT2D eigenvalue weighted by Gasteiger charge is 2.18. The van der Waals surface area contributed by atoms with Gasteiger partial charge in [0, 0.05) is 38.0 Å². The second-order valence-electron chi connectivity index (χ2n) is 6.11. The van der Waals surface area contributed by atoms with E-state index in [4.69, 9.17) is 0 Å². The number of aromatic amines is 2. The monoisotopic (exact) mass is 365 g/mol. The Labute approximate surface area is 154 Å². The molecule has 0 saturated carbocycles. The van der Waals surface area contributed by atoms with Gasteiger partial charge in [-0.15, -0.1) is 0 Å². The number of hydrazone groups is 1. The number of rotatable bonds is 4. The molecule has 4 N–H and O–H groups in total. The summed E-state index contributed by atoms with van der Waals surface area (Å²) in [4.78, 5) is 33.7. The number of imidazole rings is 1. The van der Waals surface area contributed by atoms with Gasteiger partial charge < -0.3 is 15.3 Å². The predicted molar refractivity (Wildman–Crippen MR) is 105 cm³/mol. The van der Waals surface area contributed by atoms with E-state index in [1.54, 1.807) is 12.3 Å². The van der Waals surface area contributed by atoms with E-state index in [0.717, 1.165) is 35.3 Å². The van der Waals surface area contributed by atoms with Crippen LogP contribution in [0.15, 0.2) is 40.4 Å². The quantitative estimate of drug-likeness (QED) is 0.567. The summed E-state index contributed by atoms with van der Waals surface area (Å²) in [5, 5.41) is 11.6. The van der Waals surface area contributed by atoms with Crippen LogP contribution in [0.2, 0.25) is 0 Å². The van der Waals surface area contributed by atoms with Gasteiger partial charge in [-0.3, -0.25) is 15.1 Å². The number of fused-ring (bicyclic) bond motifs is 1. The molecule has 4 rings (SSSR count). The Bertz CT molecular complexity index is 1080. The van der Waals surface area contributed by atoms with Crippen molar-refractivity contribution in [2.45, 2.75) is 13.3 Å². The Hall–Kier alpha value is -3.62. The van der Waals surface area contributed by atoms with Crippen LogP contribution in [0, 0.1) is 0 Å². The van der Waals surface area contributed by atoms with Gasteiger partial charge in [0.15, 0.2) is 0 Å². The molecule has 0 unspecified atom stereocenters. The highest BCUT2D eigenvalue weighted by atomic mass is 16.2. The first kappa shape index (κ1) is 16.8. The lowest BCUT2D eigenvalue weighted by Gasteiger charge is -2.16. The molecule has 0 spiro atoms. The Morgan fingerprint density at radius 2 is 2.19 bits per heavy atom. The molecule has 0 radical (unpaired) electrons. The van der Waals surface area contributed by atoms with E-state index in [9.17, 15) is 9.59 Å². The molecule has 2 aromatic heterocycles. The summed E-state index contributed by atoms with van der Waals surface area (Å²) >= 11 is 0. The SMILES string of the molecule is CCNC(=O)Nc1nc2cc(-c3cc[nH]c(=O)c3)cc(N3CCC=N3)c2[nH]1. The van der Waals surface area contributed by atoms with Crippen LogP contribution in [0.3, 0.4) is 0 Å². The lowest BCUT2D eigenvalue weighted by molar-refractivity contribution is 0.252. The van der Waals surface area contributed by atoms with Crippen LogP contribution in [0.5, 0.6) is 0 Å². The average Bonchev–Trinajstić information content (AvgIpc) is 3.30. The zero-order valence-corrected chi connectivity index (χ0v) is 14.7. The van der Waals surface area contributed by atoms with Crippen LogP contribution in [-0.4, -0.2) is 40.3 Å². The summed E-state index contributed by atoms with van der Waals surface area (Å²) in [6.45, 7) is 3.12. The van der Waals surface area contributed by atoms with Gasteiger partial charge in [0.05, 0.1) is 16.7 Å². The first-order valence-corrected chi connectivity index (χ1v) is 8.72. The van der Waals surface area contributed by atoms with Crippen molar-refractivity contribution in [1.82, 2.24) is 20.3 Å². The minimum atomic E-state index is -0.327. The number of carbonyl (C=O) groups excluding carboxylic acids is 1. The topological polar surface area (TPSA) is 118 Å². The first-order chi connectivity index (χ1) is 13.1. The van der Waals surface area contributed by atoms with E-state index < -0.39 is 0 Å². The summed E-state index contributed by atoms with van der Waals surface area (Å²) in [5.41, 5.74) is 3.75. The molecule has 3 heterocycles. The Morgan fingerprint density at radius 1 is 1.30 bits per heavy atom. The molecule has 2 amide bonds. The second-order valence-corrected chi connectivity index (χ2v) is 6.11. The van der Waals surface area contributed by atoms with E-state index in [1.165, 1.54) is 0 Å². The van der Waals surface area contributed by atoms with Crippen LogP contribution in [0.4, 0.5) is 16.4 Å². The summed E-state index contributed by atoms with van der Waals surface area (Å²) in [7, 11) is 0. The van der Waals surface area contributed by atoms with Crippen molar-refractivity contribution in [2.24, 2.45) is 5.10 Å². The van der Waals surface area contributed by atoms with Gasteiger partial charge in [-0.1, -0.05) is 0 Å². The maximum absolute atomic E-state index is 11.8. The van der Waals surface area contributed by atoms with Gasteiger partial charge in [0.2, 0.25) is 11.5 Å². The molecule has 0 atom stereocenters. The Kier molecular flexibility index (Phi) is 4.33. The fourth-order valence-corrected chi connectivity index (χ4v) is 3.04. The largest absolute Gasteiger partial charge is 0.338 e. The third-order valence-corrected chi connectivity index (χ3v) is 4.22. The predicted octanol–water partition coefficient (Wildman–Crippen LogP) is 2.26. The van der Waals surface area contributed by atoms with Crippen molar-refractivity contribution < 1.29 is 4.79 Å². The van der Waals surface area contributed by atoms with Crippen LogP contribution in [-0.2, 0) is 0 Å². The molecular weight excluding hydrogens is 346 g/mol. The van der Waals surface area contributed by atoms with Gasteiger partial charge in [0.25, 0.3) is 0 Å². The number of carbonyl (C=O) groups is 1. The number of nitrogens with one attached hydrogen (secondary N) is 4. The van der Waals surface area contributed by atoms with E-state index >= 15 is 0 Å². The average molecular weight is 365 g/mol.